The molecule has 3 aromatic carbocycles. The number of fused-ring (bicyclic) bond motifs is 1. The van der Waals surface area contributed by atoms with Crippen molar-refractivity contribution in [2.24, 2.45) is 4.99 Å². The molecular formula is C31H28N2O2S. The standard InChI is InChI=1S/C31H28N2O2S/c1-34-25-14-6-9-21(18-25)17-23-12-8-16-27-29(23)32-31-33(28(20-36-31)22-10-4-3-5-11-22)30(27)24-13-7-15-26(19-24)35-2/h3-7,9-11,13-15,17-20,30H,8,12,16H2,1-2H3/b23-17+/t30-/m0/s1. The third kappa shape index (κ3) is 4.14. The first-order chi connectivity index (χ1) is 17.7. The van der Waals surface area contributed by atoms with E-state index in [4.69, 9.17) is 14.5 Å². The van der Waals surface area contributed by atoms with E-state index in [1.54, 1.807) is 26.0 Å². The third-order valence-electron chi connectivity index (χ3n) is 6.95. The van der Waals surface area contributed by atoms with Gasteiger partial charge in [-0.05, 0) is 77.4 Å². The highest BCUT2D eigenvalue weighted by Gasteiger charge is 2.40. The number of rotatable bonds is 5. The van der Waals surface area contributed by atoms with Crippen LogP contribution in [0.1, 0.15) is 42.0 Å². The number of benzene rings is 3. The fourth-order valence-corrected chi connectivity index (χ4v) is 6.21. The topological polar surface area (TPSA) is 34.1 Å². The first-order valence-electron chi connectivity index (χ1n) is 12.3. The largest absolute Gasteiger partial charge is 0.497 e. The molecule has 0 saturated heterocycles. The molecule has 0 fully saturated rings. The summed E-state index contributed by atoms with van der Waals surface area (Å²) in [6, 6.07) is 27.4. The quantitative estimate of drug-likeness (QED) is 0.366. The molecule has 6 rings (SSSR count). The van der Waals surface area contributed by atoms with Gasteiger partial charge in [-0.2, -0.15) is 0 Å². The van der Waals surface area contributed by atoms with Gasteiger partial charge in [0.1, 0.15) is 11.5 Å². The number of ether oxygens (including phenoxy) is 2. The Morgan fingerprint density at radius 3 is 2.47 bits per heavy atom. The van der Waals surface area contributed by atoms with Crippen LogP contribution < -0.4 is 9.47 Å². The van der Waals surface area contributed by atoms with Crippen molar-refractivity contribution in [2.45, 2.75) is 25.3 Å². The van der Waals surface area contributed by atoms with Gasteiger partial charge in [-0.25, -0.2) is 4.99 Å². The van der Waals surface area contributed by atoms with Crippen LogP contribution in [0.3, 0.4) is 0 Å². The molecule has 2 heterocycles. The summed E-state index contributed by atoms with van der Waals surface area (Å²) in [6.07, 6.45) is 5.42. The first-order valence-corrected chi connectivity index (χ1v) is 13.2. The van der Waals surface area contributed by atoms with Crippen LogP contribution in [0.2, 0.25) is 0 Å². The van der Waals surface area contributed by atoms with Crippen molar-refractivity contribution in [3.05, 3.63) is 118 Å². The average molecular weight is 493 g/mol. The number of nitrogens with zero attached hydrogens (tertiary/aromatic N) is 2. The van der Waals surface area contributed by atoms with E-state index in [9.17, 15) is 0 Å². The van der Waals surface area contributed by atoms with Gasteiger partial charge in [-0.1, -0.05) is 66.4 Å². The Bertz CT molecular complexity index is 1420. The van der Waals surface area contributed by atoms with Crippen molar-refractivity contribution >= 4 is 28.7 Å². The Kier molecular flexibility index (Phi) is 6.16. The summed E-state index contributed by atoms with van der Waals surface area (Å²) >= 11 is 1.71. The van der Waals surface area contributed by atoms with Crippen LogP contribution in [-0.4, -0.2) is 24.3 Å². The Balaban J connectivity index is 1.50. The second kappa shape index (κ2) is 9.75. The highest BCUT2D eigenvalue weighted by Crippen LogP contribution is 2.51. The summed E-state index contributed by atoms with van der Waals surface area (Å²) in [5.74, 6) is 1.74. The van der Waals surface area contributed by atoms with E-state index >= 15 is 0 Å². The molecule has 180 valence electrons. The van der Waals surface area contributed by atoms with E-state index < -0.39 is 0 Å². The first kappa shape index (κ1) is 22.7. The maximum atomic E-state index is 5.62. The van der Waals surface area contributed by atoms with Gasteiger partial charge in [0, 0.05) is 5.41 Å². The Morgan fingerprint density at radius 2 is 1.67 bits per heavy atom. The molecule has 36 heavy (non-hydrogen) atoms. The zero-order chi connectivity index (χ0) is 24.5. The summed E-state index contributed by atoms with van der Waals surface area (Å²) in [5.41, 5.74) is 8.56. The van der Waals surface area contributed by atoms with Crippen LogP contribution in [-0.2, 0) is 0 Å². The van der Waals surface area contributed by atoms with Gasteiger partial charge >= 0.3 is 0 Å². The van der Waals surface area contributed by atoms with E-state index in [-0.39, 0.29) is 6.04 Å². The summed E-state index contributed by atoms with van der Waals surface area (Å²) in [5, 5.41) is 3.27. The molecule has 0 aromatic heterocycles. The summed E-state index contributed by atoms with van der Waals surface area (Å²) in [7, 11) is 3.44. The third-order valence-corrected chi connectivity index (χ3v) is 7.79. The summed E-state index contributed by atoms with van der Waals surface area (Å²) in [4.78, 5) is 7.70. The van der Waals surface area contributed by atoms with E-state index in [1.165, 1.54) is 28.0 Å². The normalized spacial score (nSPS) is 20.0. The SMILES string of the molecule is COc1cccc(/C=C2\CCCC3=C2N=C2SC=C(c4ccccc4)N2[C@H]3c2cccc(OC)c2)c1. The molecule has 2 aliphatic heterocycles. The van der Waals surface area contributed by atoms with Gasteiger partial charge in [-0.15, -0.1) is 0 Å². The molecule has 5 heteroatoms. The predicted molar refractivity (Wildman–Crippen MR) is 149 cm³/mol. The van der Waals surface area contributed by atoms with Crippen molar-refractivity contribution in [1.82, 2.24) is 4.90 Å². The molecule has 0 amide bonds. The fourth-order valence-electron chi connectivity index (χ4n) is 5.28. The van der Waals surface area contributed by atoms with Crippen molar-refractivity contribution in [3.63, 3.8) is 0 Å². The zero-order valence-electron chi connectivity index (χ0n) is 20.5. The number of hydrogen-bond donors (Lipinski definition) is 0. The molecule has 0 unspecified atom stereocenters. The second-order valence-electron chi connectivity index (χ2n) is 9.10. The minimum absolute atomic E-state index is 0.0677. The lowest BCUT2D eigenvalue weighted by atomic mass is 9.82. The number of methoxy groups -OCH3 is 2. The summed E-state index contributed by atoms with van der Waals surface area (Å²) in [6.45, 7) is 0. The average Bonchev–Trinajstić information content (AvgIpc) is 3.36. The molecule has 0 saturated carbocycles. The molecule has 0 spiro atoms. The van der Waals surface area contributed by atoms with Crippen LogP contribution in [0.25, 0.3) is 11.8 Å². The van der Waals surface area contributed by atoms with Gasteiger partial charge in [0.05, 0.1) is 31.7 Å². The monoisotopic (exact) mass is 492 g/mol. The van der Waals surface area contributed by atoms with Crippen LogP contribution in [0.4, 0.5) is 0 Å². The Morgan fingerprint density at radius 1 is 0.889 bits per heavy atom. The number of amidine groups is 1. The lowest BCUT2D eigenvalue weighted by Gasteiger charge is -2.40. The van der Waals surface area contributed by atoms with Crippen LogP contribution in [0, 0.1) is 0 Å². The van der Waals surface area contributed by atoms with Gasteiger partial charge in [0.2, 0.25) is 0 Å². The number of thioether (sulfide) groups is 1. The zero-order valence-corrected chi connectivity index (χ0v) is 21.3. The van der Waals surface area contributed by atoms with Crippen molar-refractivity contribution < 1.29 is 9.47 Å². The van der Waals surface area contributed by atoms with Gasteiger partial charge in [0.15, 0.2) is 5.17 Å². The second-order valence-corrected chi connectivity index (χ2v) is 9.94. The lowest BCUT2D eigenvalue weighted by molar-refractivity contribution is 0.410. The van der Waals surface area contributed by atoms with Crippen molar-refractivity contribution in [1.29, 1.82) is 0 Å². The van der Waals surface area contributed by atoms with E-state index in [1.807, 2.05) is 18.2 Å². The molecule has 3 aromatic rings. The molecule has 0 radical (unpaired) electrons. The van der Waals surface area contributed by atoms with Gasteiger partial charge < -0.3 is 14.4 Å². The van der Waals surface area contributed by atoms with Crippen LogP contribution >= 0.6 is 11.8 Å². The van der Waals surface area contributed by atoms with E-state index in [2.05, 4.69) is 77.0 Å². The smallest absolute Gasteiger partial charge is 0.174 e. The minimum atomic E-state index is 0.0677. The van der Waals surface area contributed by atoms with E-state index in [0.717, 1.165) is 47.2 Å². The highest BCUT2D eigenvalue weighted by molar-refractivity contribution is 8.16. The highest BCUT2D eigenvalue weighted by atomic mass is 32.2. The number of aliphatic imine (C=N–C) groups is 1. The van der Waals surface area contributed by atoms with Crippen LogP contribution in [0.5, 0.6) is 11.5 Å². The minimum Gasteiger partial charge on any atom is -0.497 e. The van der Waals surface area contributed by atoms with Gasteiger partial charge in [0.25, 0.3) is 0 Å². The number of allylic oxidation sites excluding steroid dienone is 1. The van der Waals surface area contributed by atoms with Crippen molar-refractivity contribution in [3.8, 4) is 11.5 Å². The maximum absolute atomic E-state index is 5.62. The van der Waals surface area contributed by atoms with E-state index in [0.29, 0.717) is 0 Å². The molecule has 1 atom stereocenters. The lowest BCUT2D eigenvalue weighted by Crippen LogP contribution is -2.34. The number of hydrogen-bond acceptors (Lipinski definition) is 5. The van der Waals surface area contributed by atoms with Gasteiger partial charge in [-0.3, -0.25) is 0 Å². The maximum Gasteiger partial charge on any atom is 0.174 e. The predicted octanol–water partition coefficient (Wildman–Crippen LogP) is 7.68. The van der Waals surface area contributed by atoms with Crippen molar-refractivity contribution in [2.75, 3.05) is 14.2 Å². The molecular weight excluding hydrogens is 464 g/mol. The molecule has 0 N–H and O–H groups in total. The Hall–Kier alpha value is -3.70. The molecule has 1 aliphatic carbocycles. The van der Waals surface area contributed by atoms with Crippen LogP contribution in [0.15, 0.2) is 106 Å². The fraction of sp³-hybridized carbons (Fsp3) is 0.194. The molecule has 3 aliphatic rings. The molecule has 0 bridgehead atoms. The Labute approximate surface area is 216 Å². The summed E-state index contributed by atoms with van der Waals surface area (Å²) < 4.78 is 11.1. The molecule has 4 nitrogen and oxygen atoms in total.